The Morgan fingerprint density at radius 3 is 0.771 bits per heavy atom. The van der Waals surface area contributed by atoms with E-state index in [9.17, 15) is 47.2 Å². The fraction of sp³-hybridized carbons (Fsp3) is 1.00. The first-order valence-electron chi connectivity index (χ1n) is 26.0. The molecule has 0 aromatic rings. The summed E-state index contributed by atoms with van der Waals surface area (Å²) in [7, 11) is -31.7. The van der Waals surface area contributed by atoms with E-state index >= 15 is 22.4 Å². The Bertz CT molecular complexity index is 1870. The first-order chi connectivity index (χ1) is 32.7. The summed E-state index contributed by atoms with van der Waals surface area (Å²) in [6.45, 7) is 7.82. The lowest BCUT2D eigenvalue weighted by Gasteiger charge is -2.52. The zero-order valence-corrected chi connectivity index (χ0v) is 47.2. The quantitative estimate of drug-likeness (QED) is 0.0263. The van der Waals surface area contributed by atoms with Crippen molar-refractivity contribution in [1.82, 2.24) is 18.1 Å². The normalized spacial score (nSPS) is 15.4. The molecule has 26 heteroatoms. The molecule has 0 saturated heterocycles. The molecular formula is C44H91F5N5O11S5+. The monoisotopic (exact) mass is 1120 g/mol. The number of aliphatic hydroxyl groups is 1. The summed E-state index contributed by atoms with van der Waals surface area (Å²) in [5, 5.41) is 13.0. The van der Waals surface area contributed by atoms with Crippen molar-refractivity contribution in [2.45, 2.75) is 246 Å². The highest BCUT2D eigenvalue weighted by molar-refractivity contribution is 7.91. The van der Waals surface area contributed by atoms with Gasteiger partial charge in [-0.3, -0.25) is 0 Å². The summed E-state index contributed by atoms with van der Waals surface area (Å²) in [5.41, 5.74) is 0. The largest absolute Gasteiger partial charge is 0.412 e. The van der Waals surface area contributed by atoms with Crippen LogP contribution in [0.4, 0.5) is 22.4 Å². The molecule has 0 bridgehead atoms. The Kier molecular flexibility index (Phi) is 33.5. The fourth-order valence-corrected chi connectivity index (χ4v) is 15.7. The van der Waals surface area contributed by atoms with Gasteiger partial charge in [-0.2, -0.15) is 8.42 Å². The molecule has 0 rings (SSSR count). The Morgan fingerprint density at radius 2 is 0.543 bits per heavy atom. The number of unbranched alkanes of at least 4 members (excludes halogenated alkanes) is 25. The predicted molar refractivity (Wildman–Crippen MR) is 267 cm³/mol. The van der Waals surface area contributed by atoms with Crippen LogP contribution in [0.1, 0.15) is 234 Å². The summed E-state index contributed by atoms with van der Waals surface area (Å²) in [4.78, 5) is 0. The second kappa shape index (κ2) is 34.0. The standard InChI is InChI=1S/C44H91F5N5O11S5/c1-7-13-18-23-28-33-38-66(56,57)50(45)43(51(46)67(58,59)39-34-29-24-19-14-8-2,52(47)68(60,61)40-35-30-25-20-15-9-3)44(55,53(48)69(62,63)41-36-31-26-21-16-10-4)54(49,12-6)70(64,65)42-37-32-27-22-17-11-5/h55H,7-42H2,1-6H3/q+1. The molecule has 0 radical (unpaired) electrons. The van der Waals surface area contributed by atoms with Crippen molar-refractivity contribution in [3.63, 3.8) is 0 Å². The van der Waals surface area contributed by atoms with E-state index in [1.165, 1.54) is 0 Å². The lowest BCUT2D eigenvalue weighted by molar-refractivity contribution is -1.04. The van der Waals surface area contributed by atoms with Crippen LogP contribution in [-0.2, 0) is 50.1 Å². The average Bonchev–Trinajstić information content (AvgIpc) is 3.31. The van der Waals surface area contributed by atoms with Crippen LogP contribution in [0.2, 0.25) is 0 Å². The molecule has 0 amide bonds. The first kappa shape index (κ1) is 69.2. The van der Waals surface area contributed by atoms with Crippen molar-refractivity contribution in [3.05, 3.63) is 0 Å². The van der Waals surface area contributed by atoms with E-state index in [1.54, 1.807) is 0 Å². The number of sulfonamides is 5. The molecule has 0 aliphatic carbocycles. The van der Waals surface area contributed by atoms with E-state index in [0.29, 0.717) is 103 Å². The van der Waals surface area contributed by atoms with Crippen LogP contribution in [0.3, 0.4) is 0 Å². The van der Waals surface area contributed by atoms with Crippen LogP contribution in [0.25, 0.3) is 0 Å². The van der Waals surface area contributed by atoms with E-state index < -0.39 is 151 Å². The molecule has 422 valence electrons. The number of rotatable bonds is 47. The number of likely N-dealkylation sites (N-methyl/N-ethyl adjacent to an activating group) is 1. The van der Waals surface area contributed by atoms with Crippen LogP contribution in [0.5, 0.6) is 0 Å². The zero-order chi connectivity index (χ0) is 53.8. The number of hydrogen-bond acceptors (Lipinski definition) is 11. The first-order valence-corrected chi connectivity index (χ1v) is 34.1. The van der Waals surface area contributed by atoms with E-state index in [0.717, 1.165) is 32.1 Å². The van der Waals surface area contributed by atoms with Crippen molar-refractivity contribution in [3.8, 4) is 0 Å². The molecule has 70 heavy (non-hydrogen) atoms. The van der Waals surface area contributed by atoms with Gasteiger partial charge in [-0.05, 0) is 39.0 Å². The van der Waals surface area contributed by atoms with Gasteiger partial charge in [-0.1, -0.05) is 195 Å². The van der Waals surface area contributed by atoms with Crippen molar-refractivity contribution < 1.29 is 73.7 Å². The smallest absolute Gasteiger partial charge is 0.319 e. The number of quaternary nitrogens is 1. The molecule has 0 fully saturated rings. The zero-order valence-electron chi connectivity index (χ0n) is 43.2. The second-order valence-corrected chi connectivity index (χ2v) is 28.2. The van der Waals surface area contributed by atoms with E-state index in [1.807, 2.05) is 34.6 Å². The molecule has 0 aromatic heterocycles. The maximum absolute atomic E-state index is 18.7. The molecule has 0 aromatic carbocycles. The van der Waals surface area contributed by atoms with Crippen molar-refractivity contribution in [1.29, 1.82) is 0 Å². The lowest BCUT2D eigenvalue weighted by atomic mass is 10.1. The van der Waals surface area contributed by atoms with Gasteiger partial charge in [-0.25, -0.2) is 33.7 Å². The number of halogens is 5. The molecule has 0 aliphatic rings. The highest BCUT2D eigenvalue weighted by atomic mass is 32.2. The Morgan fingerprint density at radius 1 is 0.343 bits per heavy atom. The van der Waals surface area contributed by atoms with E-state index in [4.69, 9.17) is 0 Å². The van der Waals surface area contributed by atoms with Gasteiger partial charge in [-0.15, -0.1) is 17.9 Å². The molecule has 2 unspecified atom stereocenters. The van der Waals surface area contributed by atoms with Crippen LogP contribution >= 0.6 is 0 Å². The third-order valence-electron chi connectivity index (χ3n) is 12.5. The summed E-state index contributed by atoms with van der Waals surface area (Å²) in [6, 6.07) is 0. The summed E-state index contributed by atoms with van der Waals surface area (Å²) >= 11 is 0. The third kappa shape index (κ3) is 19.7. The van der Waals surface area contributed by atoms with Gasteiger partial charge in [0.05, 0.1) is 27.5 Å². The van der Waals surface area contributed by atoms with Gasteiger partial charge in [0.2, 0.25) is 40.1 Å². The van der Waals surface area contributed by atoms with E-state index in [-0.39, 0.29) is 32.1 Å². The predicted octanol–water partition coefficient (Wildman–Crippen LogP) is 11.2. The average molecular weight is 1120 g/mol. The van der Waals surface area contributed by atoms with Crippen molar-refractivity contribution in [2.75, 3.05) is 35.3 Å². The number of nitrogens with zero attached hydrogens (tertiary/aromatic N) is 5. The van der Waals surface area contributed by atoms with Crippen LogP contribution in [-0.4, -0.2) is 116 Å². The van der Waals surface area contributed by atoms with Gasteiger partial charge >= 0.3 is 21.7 Å². The van der Waals surface area contributed by atoms with Crippen LogP contribution in [0.15, 0.2) is 0 Å². The lowest BCUT2D eigenvalue weighted by Crippen LogP contribution is -2.89. The molecule has 0 heterocycles. The molecule has 0 spiro atoms. The molecule has 1 N–H and O–H groups in total. The topological polar surface area (TPSA) is 204 Å². The van der Waals surface area contributed by atoms with Gasteiger partial charge in [0.15, 0.2) is 0 Å². The number of hydrogen-bond donors (Lipinski definition) is 1. The summed E-state index contributed by atoms with van der Waals surface area (Å²) in [6.07, 6.45) is 8.39. The van der Waals surface area contributed by atoms with Gasteiger partial charge in [0.1, 0.15) is 12.3 Å². The minimum atomic E-state index is -6.37. The SMILES string of the molecule is CCCCCCCCS(=O)(=O)N(F)C(N(F)S(=O)(=O)CCCCCCCC)(N(F)S(=O)(=O)CCCCCCCC)C(O)(N(F)S(=O)(=O)CCCCCCCC)[N+](F)(CC)S(=O)(=O)CCCCCCCC. The fourth-order valence-electron chi connectivity index (χ4n) is 8.17. The second-order valence-electron chi connectivity index (χ2n) is 18.5. The highest BCUT2D eigenvalue weighted by Gasteiger charge is 2.89. The maximum atomic E-state index is 18.7. The summed E-state index contributed by atoms with van der Waals surface area (Å²) in [5.74, 6) is -20.2. The third-order valence-corrected chi connectivity index (χ3v) is 20.9. The maximum Gasteiger partial charge on any atom is 0.412 e. The van der Waals surface area contributed by atoms with Crippen LogP contribution < -0.4 is 0 Å². The highest BCUT2D eigenvalue weighted by Crippen LogP contribution is 2.52. The van der Waals surface area contributed by atoms with Gasteiger partial charge in [0.25, 0.3) is 0 Å². The Balaban J connectivity index is 9.03. The van der Waals surface area contributed by atoms with Crippen molar-refractivity contribution >= 4 is 50.1 Å². The minimum Gasteiger partial charge on any atom is -0.319 e. The molecule has 0 saturated carbocycles. The van der Waals surface area contributed by atoms with Crippen molar-refractivity contribution in [2.24, 2.45) is 0 Å². The Labute approximate surface area is 421 Å². The molecule has 0 aliphatic heterocycles. The van der Waals surface area contributed by atoms with Crippen LogP contribution in [0, 0.1) is 0 Å². The molecule has 16 nitrogen and oxygen atoms in total. The van der Waals surface area contributed by atoms with E-state index in [2.05, 4.69) is 0 Å². The molecule has 2 atom stereocenters. The van der Waals surface area contributed by atoms with Gasteiger partial charge in [0, 0.05) is 22.2 Å². The Hall–Kier alpha value is -0.840. The molecular weight excluding hydrogens is 1030 g/mol. The summed E-state index contributed by atoms with van der Waals surface area (Å²) < 4.78 is 221. The minimum absolute atomic E-state index is 0.00615. The van der Waals surface area contributed by atoms with Gasteiger partial charge < -0.3 is 5.11 Å².